The molecule has 0 fully saturated rings. The van der Waals surface area contributed by atoms with Crippen LogP contribution in [0.2, 0.25) is 0 Å². The Morgan fingerprint density at radius 1 is 0.686 bits per heavy atom. The van der Waals surface area contributed by atoms with Crippen molar-refractivity contribution in [3.63, 3.8) is 0 Å². The van der Waals surface area contributed by atoms with Gasteiger partial charge in [-0.15, -0.1) is 0 Å². The predicted molar refractivity (Wildman–Crippen MR) is 197 cm³/mol. The number of hydrogen-bond acceptors (Lipinski definition) is 6. The molecule has 0 radical (unpaired) electrons. The minimum Gasteiger partial charge on any atom is -0.449 e. The number of amides is 4. The fourth-order valence-corrected chi connectivity index (χ4v) is 6.07. The summed E-state index contributed by atoms with van der Waals surface area (Å²) in [7, 11) is 0. The Morgan fingerprint density at radius 3 is 1.94 bits per heavy atom. The predicted octanol–water partition coefficient (Wildman–Crippen LogP) is 7.04. The Labute approximate surface area is 299 Å². The van der Waals surface area contributed by atoms with Gasteiger partial charge in [0.1, 0.15) is 18.2 Å². The van der Waals surface area contributed by atoms with Crippen molar-refractivity contribution in [1.82, 2.24) is 21.5 Å². The highest BCUT2D eigenvalue weighted by Crippen LogP contribution is 2.44. The summed E-state index contributed by atoms with van der Waals surface area (Å²) >= 11 is 0. The molecule has 4 aromatic carbocycles. The maximum absolute atomic E-state index is 13.1. The standard InChI is InChI=1S/C41H46N4O6/c1-41(2,3)51-40(49)43-36(26-28-21-23-30(24-22-28)29-14-6-4-7-15-29)38(47)45-44-37(46)20-8-5-13-25-42-39(48)50-27-35-33-18-11-9-16-31(33)32-17-10-12-19-34(32)35/h4,6-7,9-12,14-19,21-24,35-36H,5,8,13,20,25-27H2,1-3H3,(H,42,48)(H,43,49)(H,44,46)(H,45,47)/t36-/m1/s1. The zero-order valence-electron chi connectivity index (χ0n) is 29.4. The molecule has 0 spiro atoms. The molecule has 10 nitrogen and oxygen atoms in total. The van der Waals surface area contributed by atoms with Crippen LogP contribution in [0.1, 0.15) is 69.1 Å². The molecule has 0 bridgehead atoms. The van der Waals surface area contributed by atoms with Gasteiger partial charge in [0.2, 0.25) is 5.91 Å². The van der Waals surface area contributed by atoms with Crippen LogP contribution in [-0.4, -0.2) is 48.8 Å². The van der Waals surface area contributed by atoms with Gasteiger partial charge in [0.15, 0.2) is 0 Å². The molecule has 1 atom stereocenters. The van der Waals surface area contributed by atoms with E-state index in [0.29, 0.717) is 25.8 Å². The third kappa shape index (κ3) is 10.7. The lowest BCUT2D eigenvalue weighted by Crippen LogP contribution is -2.53. The lowest BCUT2D eigenvalue weighted by molar-refractivity contribution is -0.130. The summed E-state index contributed by atoms with van der Waals surface area (Å²) in [6.07, 6.45) is 1.06. The molecule has 0 heterocycles. The van der Waals surface area contributed by atoms with E-state index in [0.717, 1.165) is 27.8 Å². The largest absolute Gasteiger partial charge is 0.449 e. The van der Waals surface area contributed by atoms with E-state index in [1.54, 1.807) is 20.8 Å². The molecule has 0 aromatic heterocycles. The van der Waals surface area contributed by atoms with Crippen molar-refractivity contribution in [3.05, 3.63) is 120 Å². The number of carbonyl (C=O) groups is 4. The summed E-state index contributed by atoms with van der Waals surface area (Å²) in [5.41, 5.74) is 11.7. The molecule has 10 heteroatoms. The van der Waals surface area contributed by atoms with E-state index in [4.69, 9.17) is 9.47 Å². The molecule has 0 saturated carbocycles. The first-order valence-corrected chi connectivity index (χ1v) is 17.4. The van der Waals surface area contributed by atoms with Crippen LogP contribution in [0, 0.1) is 0 Å². The molecule has 0 unspecified atom stereocenters. The number of hydrogen-bond donors (Lipinski definition) is 4. The molecular weight excluding hydrogens is 644 g/mol. The van der Waals surface area contributed by atoms with Crippen molar-refractivity contribution in [3.8, 4) is 22.3 Å². The van der Waals surface area contributed by atoms with E-state index in [2.05, 4.69) is 45.8 Å². The van der Waals surface area contributed by atoms with Crippen LogP contribution in [0.15, 0.2) is 103 Å². The van der Waals surface area contributed by atoms with Crippen molar-refractivity contribution >= 4 is 24.0 Å². The smallest absolute Gasteiger partial charge is 0.408 e. The van der Waals surface area contributed by atoms with Gasteiger partial charge < -0.3 is 20.1 Å². The number of alkyl carbamates (subject to hydrolysis) is 2. The van der Waals surface area contributed by atoms with Crippen LogP contribution >= 0.6 is 0 Å². The molecule has 4 amide bonds. The Kier molecular flexibility index (Phi) is 12.5. The van der Waals surface area contributed by atoms with Crippen molar-refractivity contribution in [2.45, 2.75) is 70.4 Å². The fraction of sp³-hybridized carbons (Fsp3) is 0.317. The van der Waals surface area contributed by atoms with E-state index >= 15 is 0 Å². The van der Waals surface area contributed by atoms with E-state index in [1.807, 2.05) is 78.9 Å². The van der Waals surface area contributed by atoms with E-state index in [-0.39, 0.29) is 31.3 Å². The van der Waals surface area contributed by atoms with Crippen LogP contribution in [0.4, 0.5) is 9.59 Å². The lowest BCUT2D eigenvalue weighted by Gasteiger charge is -2.23. The zero-order valence-corrected chi connectivity index (χ0v) is 29.4. The maximum atomic E-state index is 13.1. The Balaban J connectivity index is 1.01. The summed E-state index contributed by atoms with van der Waals surface area (Å²) in [5, 5.41) is 5.42. The summed E-state index contributed by atoms with van der Waals surface area (Å²) in [6, 6.07) is 33.0. The normalized spacial score (nSPS) is 12.5. The second kappa shape index (κ2) is 17.3. The van der Waals surface area contributed by atoms with Crippen LogP contribution in [0.5, 0.6) is 0 Å². The molecule has 1 aliphatic carbocycles. The van der Waals surface area contributed by atoms with Gasteiger partial charge in [0.25, 0.3) is 5.91 Å². The molecule has 1 aliphatic rings. The maximum Gasteiger partial charge on any atom is 0.408 e. The van der Waals surface area contributed by atoms with E-state index < -0.39 is 29.7 Å². The topological polar surface area (TPSA) is 135 Å². The highest BCUT2D eigenvalue weighted by atomic mass is 16.6. The number of benzene rings is 4. The molecule has 4 N–H and O–H groups in total. The number of fused-ring (bicyclic) bond motifs is 3. The van der Waals surface area contributed by atoms with Crippen LogP contribution in [0.25, 0.3) is 22.3 Å². The van der Waals surface area contributed by atoms with Crippen LogP contribution in [-0.2, 0) is 25.5 Å². The van der Waals surface area contributed by atoms with Crippen molar-refractivity contribution in [2.24, 2.45) is 0 Å². The molecule has 51 heavy (non-hydrogen) atoms. The number of rotatable bonds is 13. The van der Waals surface area contributed by atoms with Crippen molar-refractivity contribution < 1.29 is 28.7 Å². The number of unbranched alkanes of at least 4 members (excludes halogenated alkanes) is 2. The fourth-order valence-electron chi connectivity index (χ4n) is 6.07. The van der Waals surface area contributed by atoms with Gasteiger partial charge in [-0.05, 0) is 72.6 Å². The van der Waals surface area contributed by atoms with Gasteiger partial charge in [0.05, 0.1) is 0 Å². The minimum atomic E-state index is -0.994. The molecule has 0 saturated heterocycles. The van der Waals surface area contributed by atoms with Gasteiger partial charge in [-0.1, -0.05) is 110 Å². The average molecular weight is 691 g/mol. The zero-order chi connectivity index (χ0) is 36.2. The first kappa shape index (κ1) is 36.6. The van der Waals surface area contributed by atoms with Crippen LogP contribution in [0.3, 0.4) is 0 Å². The molecule has 5 rings (SSSR count). The summed E-state index contributed by atoms with van der Waals surface area (Å²) in [5.74, 6) is -0.943. The van der Waals surface area contributed by atoms with Crippen molar-refractivity contribution in [2.75, 3.05) is 13.2 Å². The highest BCUT2D eigenvalue weighted by molar-refractivity contribution is 5.88. The Bertz CT molecular complexity index is 1760. The van der Waals surface area contributed by atoms with Crippen LogP contribution < -0.4 is 21.5 Å². The molecular formula is C41H46N4O6. The monoisotopic (exact) mass is 690 g/mol. The van der Waals surface area contributed by atoms with Gasteiger partial charge >= 0.3 is 12.2 Å². The molecule has 0 aliphatic heterocycles. The van der Waals surface area contributed by atoms with Crippen molar-refractivity contribution in [1.29, 1.82) is 0 Å². The number of carbonyl (C=O) groups excluding carboxylic acids is 4. The number of ether oxygens (including phenoxy) is 2. The Hall–Kier alpha value is -5.64. The minimum absolute atomic E-state index is 0.00278. The lowest BCUT2D eigenvalue weighted by atomic mass is 9.98. The number of hydrazine groups is 1. The summed E-state index contributed by atoms with van der Waals surface area (Å²) in [4.78, 5) is 50.6. The second-order valence-electron chi connectivity index (χ2n) is 13.6. The average Bonchev–Trinajstić information content (AvgIpc) is 3.44. The quantitative estimate of drug-likeness (QED) is 0.0879. The highest BCUT2D eigenvalue weighted by Gasteiger charge is 2.29. The van der Waals surface area contributed by atoms with Gasteiger partial charge in [-0.2, -0.15) is 0 Å². The summed E-state index contributed by atoms with van der Waals surface area (Å²) in [6.45, 7) is 5.88. The third-order valence-corrected chi connectivity index (χ3v) is 8.53. The second-order valence-corrected chi connectivity index (χ2v) is 13.6. The van der Waals surface area contributed by atoms with Gasteiger partial charge in [-0.3, -0.25) is 20.4 Å². The third-order valence-electron chi connectivity index (χ3n) is 8.53. The number of nitrogens with one attached hydrogen (secondary N) is 4. The first-order chi connectivity index (χ1) is 24.6. The van der Waals surface area contributed by atoms with E-state index in [9.17, 15) is 19.2 Å². The molecule has 4 aromatic rings. The Morgan fingerprint density at radius 2 is 1.29 bits per heavy atom. The van der Waals surface area contributed by atoms with Gasteiger partial charge in [0, 0.05) is 25.3 Å². The molecule has 266 valence electrons. The SMILES string of the molecule is CC(C)(C)OC(=O)N[C@H](Cc1ccc(-c2ccccc2)cc1)C(=O)NNC(=O)CCCCCNC(=O)OCC1c2ccccc2-c2ccccc21. The first-order valence-electron chi connectivity index (χ1n) is 17.4. The van der Waals surface area contributed by atoms with Gasteiger partial charge in [-0.25, -0.2) is 9.59 Å². The summed E-state index contributed by atoms with van der Waals surface area (Å²) < 4.78 is 10.9. The van der Waals surface area contributed by atoms with E-state index in [1.165, 1.54) is 11.1 Å².